The van der Waals surface area contributed by atoms with Gasteiger partial charge < -0.3 is 5.11 Å². The summed E-state index contributed by atoms with van der Waals surface area (Å²) in [5.41, 5.74) is -0.703. The Bertz CT molecular complexity index is 350. The Morgan fingerprint density at radius 3 is 1.94 bits per heavy atom. The van der Waals surface area contributed by atoms with E-state index in [4.69, 9.17) is 0 Å². The Morgan fingerprint density at radius 1 is 1.17 bits per heavy atom. The van der Waals surface area contributed by atoms with E-state index >= 15 is 0 Å². The van der Waals surface area contributed by atoms with E-state index in [0.29, 0.717) is 25.7 Å². The average molecular weight is 251 g/mol. The highest BCUT2D eigenvalue weighted by Gasteiger charge is 2.53. The number of aliphatic hydroxyl groups excluding tert-OH is 1. The third-order valence-corrected chi connectivity index (χ3v) is 4.59. The van der Waals surface area contributed by atoms with Gasteiger partial charge >= 0.3 is 0 Å². The van der Waals surface area contributed by atoms with Crippen LogP contribution in [0.5, 0.6) is 0 Å². The molecule has 1 aliphatic carbocycles. The molecule has 4 nitrogen and oxygen atoms in total. The Hall–Kier alpha value is -1.16. The first kappa shape index (κ1) is 13.3. The number of hydrogen-bond donors (Lipinski definition) is 1. The number of likely N-dealkylation sites (tertiary alicyclic amines) is 1. The Labute approximate surface area is 108 Å². The Kier molecular flexibility index (Phi) is 3.57. The minimum atomic E-state index is -0.703. The summed E-state index contributed by atoms with van der Waals surface area (Å²) in [6.07, 6.45) is 6.47. The van der Waals surface area contributed by atoms with Crippen LogP contribution in [0.1, 0.15) is 39.5 Å². The first-order valence-electron chi connectivity index (χ1n) is 6.75. The van der Waals surface area contributed by atoms with Gasteiger partial charge in [0.1, 0.15) is 0 Å². The van der Waals surface area contributed by atoms with E-state index in [9.17, 15) is 14.7 Å². The van der Waals surface area contributed by atoms with Crippen LogP contribution < -0.4 is 0 Å². The van der Waals surface area contributed by atoms with Crippen molar-refractivity contribution in [3.8, 4) is 0 Å². The lowest BCUT2D eigenvalue weighted by atomic mass is 9.85. The van der Waals surface area contributed by atoms with Crippen molar-refractivity contribution in [3.63, 3.8) is 0 Å². The van der Waals surface area contributed by atoms with E-state index in [0.717, 1.165) is 0 Å². The van der Waals surface area contributed by atoms with Crippen LogP contribution in [0.2, 0.25) is 0 Å². The summed E-state index contributed by atoms with van der Waals surface area (Å²) in [4.78, 5) is 26.2. The fourth-order valence-electron chi connectivity index (χ4n) is 3.13. The molecule has 4 heteroatoms. The SMILES string of the molecule is CCC(CC)(CO)N1C(=O)C2CC=CCC2C1=O. The monoisotopic (exact) mass is 251 g/mol. The van der Waals surface area contributed by atoms with Crippen molar-refractivity contribution in [1.29, 1.82) is 0 Å². The van der Waals surface area contributed by atoms with Gasteiger partial charge in [0, 0.05) is 0 Å². The summed E-state index contributed by atoms with van der Waals surface area (Å²) in [5.74, 6) is -0.586. The van der Waals surface area contributed by atoms with E-state index in [-0.39, 0.29) is 30.3 Å². The smallest absolute Gasteiger partial charge is 0.234 e. The van der Waals surface area contributed by atoms with Gasteiger partial charge in [-0.2, -0.15) is 0 Å². The number of nitrogens with zero attached hydrogens (tertiary/aromatic N) is 1. The number of fused-ring (bicyclic) bond motifs is 1. The number of imide groups is 1. The summed E-state index contributed by atoms with van der Waals surface area (Å²) in [6.45, 7) is 3.69. The van der Waals surface area contributed by atoms with E-state index < -0.39 is 5.54 Å². The first-order valence-corrected chi connectivity index (χ1v) is 6.75. The van der Waals surface area contributed by atoms with Crippen LogP contribution >= 0.6 is 0 Å². The van der Waals surface area contributed by atoms with Gasteiger partial charge in [0.05, 0.1) is 24.0 Å². The van der Waals surface area contributed by atoms with E-state index in [1.54, 1.807) is 0 Å². The van der Waals surface area contributed by atoms with Crippen LogP contribution in [0.25, 0.3) is 0 Å². The molecule has 1 N–H and O–H groups in total. The molecule has 0 aromatic heterocycles. The highest BCUT2D eigenvalue weighted by atomic mass is 16.3. The fourth-order valence-corrected chi connectivity index (χ4v) is 3.13. The number of amides is 2. The number of rotatable bonds is 4. The molecule has 18 heavy (non-hydrogen) atoms. The molecule has 1 aliphatic heterocycles. The van der Waals surface area contributed by atoms with E-state index in [1.807, 2.05) is 26.0 Å². The number of carbonyl (C=O) groups excluding carboxylic acids is 2. The minimum Gasteiger partial charge on any atom is -0.394 e. The lowest BCUT2D eigenvalue weighted by Crippen LogP contribution is -2.54. The van der Waals surface area contributed by atoms with Crippen molar-refractivity contribution in [2.45, 2.75) is 45.1 Å². The van der Waals surface area contributed by atoms with E-state index in [2.05, 4.69) is 0 Å². The Balaban J connectivity index is 2.35. The maximum atomic E-state index is 12.4. The quantitative estimate of drug-likeness (QED) is 0.608. The second-order valence-corrected chi connectivity index (χ2v) is 5.26. The van der Waals surface area contributed by atoms with Crippen molar-refractivity contribution in [1.82, 2.24) is 4.90 Å². The molecule has 0 aromatic carbocycles. The van der Waals surface area contributed by atoms with Gasteiger partial charge in [0.2, 0.25) is 11.8 Å². The predicted octanol–water partition coefficient (Wildman–Crippen LogP) is 1.49. The second-order valence-electron chi connectivity index (χ2n) is 5.26. The molecule has 1 fully saturated rings. The predicted molar refractivity (Wildman–Crippen MR) is 67.6 cm³/mol. The maximum Gasteiger partial charge on any atom is 0.234 e. The maximum absolute atomic E-state index is 12.4. The zero-order valence-corrected chi connectivity index (χ0v) is 11.1. The highest BCUT2D eigenvalue weighted by molar-refractivity contribution is 6.06. The molecule has 0 spiro atoms. The van der Waals surface area contributed by atoms with Crippen molar-refractivity contribution in [2.75, 3.05) is 6.61 Å². The van der Waals surface area contributed by atoms with E-state index in [1.165, 1.54) is 4.90 Å². The lowest BCUT2D eigenvalue weighted by Gasteiger charge is -2.38. The molecule has 2 aliphatic rings. The van der Waals surface area contributed by atoms with Crippen molar-refractivity contribution >= 4 is 11.8 Å². The minimum absolute atomic E-state index is 0.0906. The largest absolute Gasteiger partial charge is 0.394 e. The van der Waals surface area contributed by atoms with Crippen LogP contribution in [0.3, 0.4) is 0 Å². The van der Waals surface area contributed by atoms with Crippen LogP contribution in [0, 0.1) is 11.8 Å². The molecular weight excluding hydrogens is 230 g/mol. The van der Waals surface area contributed by atoms with Crippen LogP contribution in [0.4, 0.5) is 0 Å². The molecule has 1 saturated heterocycles. The van der Waals surface area contributed by atoms with Crippen molar-refractivity contribution < 1.29 is 14.7 Å². The summed E-state index contributed by atoms with van der Waals surface area (Å²) in [5, 5.41) is 9.64. The number of carbonyl (C=O) groups is 2. The molecule has 1 heterocycles. The third kappa shape index (κ3) is 1.70. The zero-order chi connectivity index (χ0) is 13.3. The standard InChI is InChI=1S/C14H21NO3/c1-3-14(4-2,9-16)15-12(17)10-7-5-6-8-11(10)13(15)18/h5-6,10-11,16H,3-4,7-9H2,1-2H3. The van der Waals surface area contributed by atoms with Crippen molar-refractivity contribution in [2.24, 2.45) is 11.8 Å². The number of hydrogen-bond acceptors (Lipinski definition) is 3. The van der Waals surface area contributed by atoms with Gasteiger partial charge in [-0.15, -0.1) is 0 Å². The van der Waals surface area contributed by atoms with Gasteiger partial charge in [0.25, 0.3) is 0 Å². The van der Waals surface area contributed by atoms with Crippen LogP contribution in [0.15, 0.2) is 12.2 Å². The number of aliphatic hydroxyl groups is 1. The molecule has 0 saturated carbocycles. The third-order valence-electron chi connectivity index (χ3n) is 4.59. The molecule has 0 bridgehead atoms. The first-order chi connectivity index (χ1) is 8.61. The topological polar surface area (TPSA) is 57.6 Å². The molecular formula is C14H21NO3. The van der Waals surface area contributed by atoms with Crippen LogP contribution in [-0.2, 0) is 9.59 Å². The second kappa shape index (κ2) is 4.84. The average Bonchev–Trinajstić information content (AvgIpc) is 2.67. The summed E-state index contributed by atoms with van der Waals surface area (Å²) < 4.78 is 0. The van der Waals surface area contributed by atoms with Gasteiger partial charge in [-0.3, -0.25) is 14.5 Å². The molecule has 100 valence electrons. The van der Waals surface area contributed by atoms with Gasteiger partial charge in [-0.1, -0.05) is 26.0 Å². The fraction of sp³-hybridized carbons (Fsp3) is 0.714. The van der Waals surface area contributed by atoms with Crippen LogP contribution in [-0.4, -0.2) is 34.0 Å². The molecule has 2 unspecified atom stereocenters. The molecule has 0 aromatic rings. The zero-order valence-electron chi connectivity index (χ0n) is 11.1. The normalized spacial score (nSPS) is 27.8. The number of allylic oxidation sites excluding steroid dienone is 2. The van der Waals surface area contributed by atoms with Gasteiger partial charge in [0.15, 0.2) is 0 Å². The summed E-state index contributed by atoms with van der Waals surface area (Å²) >= 11 is 0. The van der Waals surface area contributed by atoms with Gasteiger partial charge in [-0.25, -0.2) is 0 Å². The molecule has 2 amide bonds. The van der Waals surface area contributed by atoms with Crippen molar-refractivity contribution in [3.05, 3.63) is 12.2 Å². The molecule has 2 atom stereocenters. The Morgan fingerprint density at radius 2 is 1.61 bits per heavy atom. The molecule has 2 rings (SSSR count). The molecule has 0 radical (unpaired) electrons. The highest BCUT2D eigenvalue weighted by Crippen LogP contribution is 2.40. The summed E-state index contributed by atoms with van der Waals surface area (Å²) in [6, 6.07) is 0. The van der Waals surface area contributed by atoms with Gasteiger partial charge in [-0.05, 0) is 25.7 Å². The summed E-state index contributed by atoms with van der Waals surface area (Å²) in [7, 11) is 0. The lowest BCUT2D eigenvalue weighted by molar-refractivity contribution is -0.150.